The average molecular weight is 425 g/mol. The Kier molecular flexibility index (Phi) is 5.62. The van der Waals surface area contributed by atoms with Crippen molar-refractivity contribution in [1.29, 1.82) is 0 Å². The molecule has 1 aromatic heterocycles. The fraction of sp³-hybridized carbons (Fsp3) is 0.148. The second-order valence-corrected chi connectivity index (χ2v) is 7.43. The van der Waals surface area contributed by atoms with Crippen LogP contribution in [0.5, 0.6) is 17.2 Å². The molecule has 5 nitrogen and oxygen atoms in total. The third kappa shape index (κ3) is 3.97. The van der Waals surface area contributed by atoms with Crippen molar-refractivity contribution in [3.63, 3.8) is 0 Å². The van der Waals surface area contributed by atoms with Crippen molar-refractivity contribution in [3.05, 3.63) is 96.8 Å². The summed E-state index contributed by atoms with van der Waals surface area (Å²) in [6, 6.07) is 30.1. The van der Waals surface area contributed by atoms with Crippen LogP contribution < -0.4 is 14.2 Å². The standard InChI is InChI=1S/C27H24N2O3/c1-30-25-14-6-7-15-26(25)32-19-27-28-22-12-4-5-13-23(22)29(27)17-18-31-24-16-8-10-20-9-2-3-11-21(20)24/h2-16H,17-19H2,1H3. The van der Waals surface area contributed by atoms with E-state index < -0.39 is 0 Å². The fourth-order valence-corrected chi connectivity index (χ4v) is 3.93. The molecule has 0 saturated heterocycles. The molecule has 0 atom stereocenters. The largest absolute Gasteiger partial charge is 0.493 e. The van der Waals surface area contributed by atoms with Gasteiger partial charge in [-0.15, -0.1) is 0 Å². The van der Waals surface area contributed by atoms with Crippen LogP contribution in [0.25, 0.3) is 21.8 Å². The predicted octanol–water partition coefficient (Wildman–Crippen LogP) is 5.86. The Morgan fingerprint density at radius 1 is 0.719 bits per heavy atom. The van der Waals surface area contributed by atoms with E-state index in [0.717, 1.165) is 28.0 Å². The first kappa shape index (κ1) is 19.9. The zero-order valence-electron chi connectivity index (χ0n) is 17.9. The van der Waals surface area contributed by atoms with E-state index in [2.05, 4.69) is 28.8 Å². The molecule has 0 amide bonds. The minimum absolute atomic E-state index is 0.337. The van der Waals surface area contributed by atoms with Gasteiger partial charge in [0.15, 0.2) is 11.5 Å². The highest BCUT2D eigenvalue weighted by molar-refractivity contribution is 5.88. The van der Waals surface area contributed by atoms with Crippen molar-refractivity contribution in [2.45, 2.75) is 13.2 Å². The van der Waals surface area contributed by atoms with Gasteiger partial charge in [0.05, 0.1) is 24.7 Å². The van der Waals surface area contributed by atoms with Crippen LogP contribution in [-0.4, -0.2) is 23.3 Å². The lowest BCUT2D eigenvalue weighted by Gasteiger charge is -2.14. The maximum Gasteiger partial charge on any atom is 0.161 e. The van der Waals surface area contributed by atoms with Gasteiger partial charge in [-0.05, 0) is 35.7 Å². The molecular weight excluding hydrogens is 400 g/mol. The highest BCUT2D eigenvalue weighted by atomic mass is 16.5. The van der Waals surface area contributed by atoms with Gasteiger partial charge in [-0.3, -0.25) is 0 Å². The summed E-state index contributed by atoms with van der Waals surface area (Å²) in [5, 5.41) is 2.29. The van der Waals surface area contributed by atoms with Gasteiger partial charge in [0, 0.05) is 5.39 Å². The van der Waals surface area contributed by atoms with Crippen LogP contribution in [0.4, 0.5) is 0 Å². The fourth-order valence-electron chi connectivity index (χ4n) is 3.93. The van der Waals surface area contributed by atoms with Gasteiger partial charge in [0.1, 0.15) is 24.8 Å². The van der Waals surface area contributed by atoms with Gasteiger partial charge >= 0.3 is 0 Å². The Morgan fingerprint density at radius 3 is 2.34 bits per heavy atom. The Labute approximate surface area is 186 Å². The lowest BCUT2D eigenvalue weighted by atomic mass is 10.1. The molecule has 4 aromatic carbocycles. The van der Waals surface area contributed by atoms with Gasteiger partial charge in [-0.2, -0.15) is 0 Å². The van der Waals surface area contributed by atoms with Gasteiger partial charge in [-0.1, -0.05) is 60.7 Å². The van der Waals surface area contributed by atoms with E-state index in [4.69, 9.17) is 19.2 Å². The molecule has 0 saturated carbocycles. The van der Waals surface area contributed by atoms with E-state index in [1.165, 1.54) is 5.39 Å². The number of nitrogens with zero attached hydrogens (tertiary/aromatic N) is 2. The van der Waals surface area contributed by atoms with Crippen molar-refractivity contribution < 1.29 is 14.2 Å². The molecule has 0 aliphatic rings. The maximum absolute atomic E-state index is 6.19. The van der Waals surface area contributed by atoms with Crippen LogP contribution in [0.15, 0.2) is 91.0 Å². The summed E-state index contributed by atoms with van der Waals surface area (Å²) in [5.41, 5.74) is 2.00. The topological polar surface area (TPSA) is 45.5 Å². The highest BCUT2D eigenvalue weighted by Gasteiger charge is 2.13. The predicted molar refractivity (Wildman–Crippen MR) is 127 cm³/mol. The van der Waals surface area contributed by atoms with Crippen LogP contribution >= 0.6 is 0 Å². The minimum atomic E-state index is 0.337. The van der Waals surface area contributed by atoms with Crippen molar-refractivity contribution >= 4 is 21.8 Å². The summed E-state index contributed by atoms with van der Waals surface area (Å²) in [6.07, 6.45) is 0. The SMILES string of the molecule is COc1ccccc1OCc1nc2ccccc2n1CCOc1cccc2ccccc12. The van der Waals surface area contributed by atoms with Gasteiger partial charge < -0.3 is 18.8 Å². The molecular formula is C27H24N2O3. The summed E-state index contributed by atoms with van der Waals surface area (Å²) >= 11 is 0. The number of para-hydroxylation sites is 4. The summed E-state index contributed by atoms with van der Waals surface area (Å²) < 4.78 is 19.8. The normalized spacial score (nSPS) is 11.0. The molecule has 5 aromatic rings. The number of hydrogen-bond donors (Lipinski definition) is 0. The third-order valence-corrected chi connectivity index (χ3v) is 5.48. The van der Waals surface area contributed by atoms with Crippen LogP contribution in [0.3, 0.4) is 0 Å². The first-order valence-corrected chi connectivity index (χ1v) is 10.6. The van der Waals surface area contributed by atoms with Crippen LogP contribution in [0.2, 0.25) is 0 Å². The zero-order valence-corrected chi connectivity index (χ0v) is 17.9. The molecule has 0 spiro atoms. The summed E-state index contributed by atoms with van der Waals surface area (Å²) in [5.74, 6) is 3.13. The molecule has 0 bridgehead atoms. The molecule has 0 radical (unpaired) electrons. The van der Waals surface area contributed by atoms with Crippen molar-refractivity contribution in [2.75, 3.05) is 13.7 Å². The van der Waals surface area contributed by atoms with Gasteiger partial charge in [0.2, 0.25) is 0 Å². The van der Waals surface area contributed by atoms with E-state index in [1.54, 1.807) is 7.11 Å². The number of benzene rings is 4. The maximum atomic E-state index is 6.19. The first-order chi connectivity index (χ1) is 15.8. The number of hydrogen-bond acceptors (Lipinski definition) is 4. The molecule has 160 valence electrons. The molecule has 0 aliphatic carbocycles. The second-order valence-electron chi connectivity index (χ2n) is 7.43. The van der Waals surface area contributed by atoms with E-state index in [9.17, 15) is 0 Å². The average Bonchev–Trinajstić information content (AvgIpc) is 3.20. The molecule has 0 fully saturated rings. The van der Waals surface area contributed by atoms with Gasteiger partial charge in [-0.25, -0.2) is 4.98 Å². The van der Waals surface area contributed by atoms with Crippen LogP contribution in [-0.2, 0) is 13.2 Å². The number of rotatable bonds is 8. The Hall–Kier alpha value is -3.99. The minimum Gasteiger partial charge on any atom is -0.493 e. The van der Waals surface area contributed by atoms with Crippen molar-refractivity contribution in [3.8, 4) is 17.2 Å². The monoisotopic (exact) mass is 424 g/mol. The number of methoxy groups -OCH3 is 1. The van der Waals surface area contributed by atoms with E-state index in [-0.39, 0.29) is 0 Å². The van der Waals surface area contributed by atoms with Crippen LogP contribution in [0, 0.1) is 0 Å². The molecule has 5 rings (SSSR count). The molecule has 1 heterocycles. The lowest BCUT2D eigenvalue weighted by molar-refractivity contribution is 0.262. The van der Waals surface area contributed by atoms with Crippen molar-refractivity contribution in [2.24, 2.45) is 0 Å². The van der Waals surface area contributed by atoms with E-state index in [0.29, 0.717) is 31.3 Å². The molecule has 0 aliphatic heterocycles. The van der Waals surface area contributed by atoms with Crippen molar-refractivity contribution in [1.82, 2.24) is 9.55 Å². The van der Waals surface area contributed by atoms with Crippen LogP contribution in [0.1, 0.15) is 5.82 Å². The summed E-state index contributed by atoms with van der Waals surface area (Å²) in [7, 11) is 1.64. The van der Waals surface area contributed by atoms with E-state index in [1.807, 2.05) is 66.7 Å². The Balaban J connectivity index is 1.37. The molecule has 0 N–H and O–H groups in total. The van der Waals surface area contributed by atoms with Gasteiger partial charge in [0.25, 0.3) is 0 Å². The second kappa shape index (κ2) is 9.02. The molecule has 5 heteroatoms. The smallest absolute Gasteiger partial charge is 0.161 e. The third-order valence-electron chi connectivity index (χ3n) is 5.48. The number of aromatic nitrogens is 2. The van der Waals surface area contributed by atoms with E-state index >= 15 is 0 Å². The lowest BCUT2D eigenvalue weighted by Crippen LogP contribution is -2.13. The molecule has 32 heavy (non-hydrogen) atoms. The zero-order chi connectivity index (χ0) is 21.8. The Bertz CT molecular complexity index is 1350. The number of ether oxygens (including phenoxy) is 3. The Morgan fingerprint density at radius 2 is 1.44 bits per heavy atom. The number of fused-ring (bicyclic) bond motifs is 2. The number of imidazole rings is 1. The quantitative estimate of drug-likeness (QED) is 0.313. The summed E-state index contributed by atoms with van der Waals surface area (Å²) in [6.45, 7) is 1.52. The summed E-state index contributed by atoms with van der Waals surface area (Å²) in [4.78, 5) is 4.80. The first-order valence-electron chi connectivity index (χ1n) is 10.6. The molecule has 0 unspecified atom stereocenters. The highest BCUT2D eigenvalue weighted by Crippen LogP contribution is 2.28.